The summed E-state index contributed by atoms with van der Waals surface area (Å²) in [4.78, 5) is 29.8. The summed E-state index contributed by atoms with van der Waals surface area (Å²) in [5.74, 6) is -0.389. The van der Waals surface area contributed by atoms with Gasteiger partial charge in [0.25, 0.3) is 5.91 Å². The average molecular weight is 432 g/mol. The van der Waals surface area contributed by atoms with Crippen LogP contribution < -0.4 is 5.43 Å². The smallest absolute Gasteiger partial charge is 0.250 e. The Balaban J connectivity index is 1.47. The number of thioether (sulfide) groups is 1. The van der Waals surface area contributed by atoms with E-state index in [0.717, 1.165) is 14.6 Å². The lowest BCUT2D eigenvalue weighted by Crippen LogP contribution is -2.25. The average Bonchev–Trinajstić information content (AvgIpc) is 3.22. The van der Waals surface area contributed by atoms with E-state index in [1.165, 1.54) is 11.8 Å². The lowest BCUT2D eigenvalue weighted by molar-refractivity contribution is -0.118. The van der Waals surface area contributed by atoms with Crippen molar-refractivity contribution >= 4 is 50.7 Å². The van der Waals surface area contributed by atoms with E-state index in [1.54, 1.807) is 47.7 Å². The predicted molar refractivity (Wildman–Crippen MR) is 122 cm³/mol. The van der Waals surface area contributed by atoms with Gasteiger partial charge in [-0.1, -0.05) is 84.6 Å². The number of para-hydroxylation sites is 1. The highest BCUT2D eigenvalue weighted by molar-refractivity contribution is 8.01. The highest BCUT2D eigenvalue weighted by atomic mass is 32.2. The molecule has 1 heterocycles. The minimum Gasteiger partial charge on any atom is -0.287 e. The highest BCUT2D eigenvalue weighted by Gasteiger charge is 2.17. The Hall–Kier alpha value is -3.29. The molecule has 3 aromatic carbocycles. The van der Waals surface area contributed by atoms with E-state index in [0.29, 0.717) is 11.1 Å². The monoisotopic (exact) mass is 431 g/mol. The van der Waals surface area contributed by atoms with E-state index in [-0.39, 0.29) is 23.2 Å². The quantitative estimate of drug-likeness (QED) is 0.198. The van der Waals surface area contributed by atoms with Gasteiger partial charge in [0, 0.05) is 11.1 Å². The number of nitrogens with one attached hydrogen (secondary N) is 1. The molecule has 0 fully saturated rings. The Morgan fingerprint density at radius 1 is 0.867 bits per heavy atom. The van der Waals surface area contributed by atoms with Crippen molar-refractivity contribution in [3.05, 3.63) is 96.1 Å². The molecule has 4 rings (SSSR count). The minimum atomic E-state index is -0.298. The molecule has 4 aromatic rings. The fourth-order valence-corrected chi connectivity index (χ4v) is 4.62. The molecule has 0 saturated heterocycles. The number of nitrogens with zero attached hydrogens (tertiary/aromatic N) is 2. The number of carbonyl (C=O) groups is 2. The molecule has 1 aromatic heterocycles. The van der Waals surface area contributed by atoms with Crippen LogP contribution in [0.3, 0.4) is 0 Å². The third-order valence-electron chi connectivity index (χ3n) is 4.19. The third-order valence-corrected chi connectivity index (χ3v) is 6.37. The van der Waals surface area contributed by atoms with Gasteiger partial charge in [-0.3, -0.25) is 9.59 Å². The van der Waals surface area contributed by atoms with E-state index < -0.39 is 0 Å². The number of Topliss-reactive ketones (excluding diaryl/α,β-unsaturated/α-hetero) is 1. The number of hydrogen-bond donors (Lipinski definition) is 1. The second-order valence-electron chi connectivity index (χ2n) is 6.29. The predicted octanol–water partition coefficient (Wildman–Crippen LogP) is 4.79. The SMILES string of the molecule is O=C(CSc1nc2ccccc2s1)N/N=C(\C(=O)c1ccccc1)c1ccccc1. The summed E-state index contributed by atoms with van der Waals surface area (Å²) < 4.78 is 1.90. The minimum absolute atomic E-state index is 0.158. The number of aromatic nitrogens is 1. The van der Waals surface area contributed by atoms with Crippen molar-refractivity contribution in [3.63, 3.8) is 0 Å². The molecule has 0 aliphatic carbocycles. The van der Waals surface area contributed by atoms with Crippen LogP contribution in [0.25, 0.3) is 10.2 Å². The Bertz CT molecular complexity index is 1170. The molecule has 5 nitrogen and oxygen atoms in total. The molecule has 0 aliphatic rings. The largest absolute Gasteiger partial charge is 0.287 e. The number of rotatable bonds is 7. The third kappa shape index (κ3) is 4.82. The molecule has 0 bridgehead atoms. The van der Waals surface area contributed by atoms with Crippen LogP contribution in [0, 0.1) is 0 Å². The van der Waals surface area contributed by atoms with Gasteiger partial charge in [0.15, 0.2) is 4.34 Å². The molecule has 0 atom stereocenters. The number of thiazole rings is 1. The maximum absolute atomic E-state index is 12.9. The van der Waals surface area contributed by atoms with Crippen LogP contribution in [0.4, 0.5) is 0 Å². The summed E-state index contributed by atoms with van der Waals surface area (Å²) in [5, 5.41) is 4.16. The van der Waals surface area contributed by atoms with Crippen LogP contribution in [0.2, 0.25) is 0 Å². The normalized spacial score (nSPS) is 11.4. The van der Waals surface area contributed by atoms with E-state index in [4.69, 9.17) is 0 Å². The molecule has 0 radical (unpaired) electrons. The van der Waals surface area contributed by atoms with E-state index in [1.807, 2.05) is 48.5 Å². The van der Waals surface area contributed by atoms with Crippen molar-refractivity contribution in [2.45, 2.75) is 4.34 Å². The molecular formula is C23H17N3O2S2. The van der Waals surface area contributed by atoms with Crippen molar-refractivity contribution in [1.82, 2.24) is 10.4 Å². The lowest BCUT2D eigenvalue weighted by Gasteiger charge is -2.07. The van der Waals surface area contributed by atoms with Crippen molar-refractivity contribution < 1.29 is 9.59 Å². The van der Waals surface area contributed by atoms with Gasteiger partial charge >= 0.3 is 0 Å². The number of hydrogen-bond acceptors (Lipinski definition) is 6. The van der Waals surface area contributed by atoms with Crippen LogP contribution in [-0.4, -0.2) is 28.1 Å². The second-order valence-corrected chi connectivity index (χ2v) is 8.55. The molecule has 30 heavy (non-hydrogen) atoms. The van der Waals surface area contributed by atoms with Crippen LogP contribution in [0.5, 0.6) is 0 Å². The summed E-state index contributed by atoms with van der Waals surface area (Å²) in [5.41, 5.74) is 4.79. The fourth-order valence-electron chi connectivity index (χ4n) is 2.76. The number of ketones is 1. The van der Waals surface area contributed by atoms with Crippen molar-refractivity contribution in [2.24, 2.45) is 5.10 Å². The van der Waals surface area contributed by atoms with Gasteiger partial charge in [0.1, 0.15) is 5.71 Å². The van der Waals surface area contributed by atoms with Crippen LogP contribution in [-0.2, 0) is 4.79 Å². The summed E-state index contributed by atoms with van der Waals surface area (Å²) in [6, 6.07) is 25.8. The Labute approximate surface area is 181 Å². The first-order chi connectivity index (χ1) is 14.7. The standard InChI is InChI=1S/C23H17N3O2S2/c27-20(15-29-23-24-18-13-7-8-14-19(18)30-23)25-26-21(16-9-3-1-4-10-16)22(28)17-11-5-2-6-12-17/h1-14H,15H2,(H,25,27)/b26-21-. The first kappa shape index (κ1) is 20.0. The van der Waals surface area contributed by atoms with Crippen LogP contribution >= 0.6 is 23.1 Å². The first-order valence-electron chi connectivity index (χ1n) is 9.21. The Morgan fingerprint density at radius 3 is 2.20 bits per heavy atom. The van der Waals surface area contributed by atoms with Gasteiger partial charge in [-0.05, 0) is 12.1 Å². The number of carbonyl (C=O) groups excluding carboxylic acids is 2. The van der Waals surface area contributed by atoms with Gasteiger partial charge in [-0.2, -0.15) is 5.10 Å². The lowest BCUT2D eigenvalue weighted by atomic mass is 10.0. The highest BCUT2D eigenvalue weighted by Crippen LogP contribution is 2.29. The van der Waals surface area contributed by atoms with Gasteiger partial charge in [-0.15, -0.1) is 11.3 Å². The zero-order chi connectivity index (χ0) is 20.8. The first-order valence-corrected chi connectivity index (χ1v) is 11.0. The van der Waals surface area contributed by atoms with Gasteiger partial charge in [-0.25, -0.2) is 10.4 Å². The van der Waals surface area contributed by atoms with Crippen molar-refractivity contribution in [2.75, 3.05) is 5.75 Å². The van der Waals surface area contributed by atoms with Gasteiger partial charge in [0.2, 0.25) is 5.78 Å². The maximum atomic E-state index is 12.9. The van der Waals surface area contributed by atoms with Crippen molar-refractivity contribution in [3.8, 4) is 0 Å². The zero-order valence-electron chi connectivity index (χ0n) is 15.8. The maximum Gasteiger partial charge on any atom is 0.250 e. The molecule has 1 amide bonds. The Kier molecular flexibility index (Phi) is 6.32. The Morgan fingerprint density at radius 2 is 1.50 bits per heavy atom. The number of benzene rings is 3. The van der Waals surface area contributed by atoms with Crippen LogP contribution in [0.1, 0.15) is 15.9 Å². The van der Waals surface area contributed by atoms with Gasteiger partial charge in [0.05, 0.1) is 16.0 Å². The number of hydrazone groups is 1. The topological polar surface area (TPSA) is 71.4 Å². The van der Waals surface area contributed by atoms with Crippen molar-refractivity contribution in [1.29, 1.82) is 0 Å². The van der Waals surface area contributed by atoms with Gasteiger partial charge < -0.3 is 0 Å². The molecule has 148 valence electrons. The second kappa shape index (κ2) is 9.47. The van der Waals surface area contributed by atoms with Crippen LogP contribution in [0.15, 0.2) is 94.4 Å². The fraction of sp³-hybridized carbons (Fsp3) is 0.0435. The number of fused-ring (bicyclic) bond motifs is 1. The van der Waals surface area contributed by atoms with E-state index in [9.17, 15) is 9.59 Å². The molecular weight excluding hydrogens is 414 g/mol. The summed E-state index contributed by atoms with van der Waals surface area (Å²) in [6.45, 7) is 0. The molecule has 1 N–H and O–H groups in total. The molecule has 7 heteroatoms. The summed E-state index contributed by atoms with van der Waals surface area (Å²) >= 11 is 2.89. The summed E-state index contributed by atoms with van der Waals surface area (Å²) in [7, 11) is 0. The van der Waals surface area contributed by atoms with E-state index >= 15 is 0 Å². The molecule has 0 saturated carbocycles. The molecule has 0 spiro atoms. The molecule has 0 aliphatic heterocycles. The van der Waals surface area contributed by atoms with E-state index in [2.05, 4.69) is 15.5 Å². The number of amides is 1. The zero-order valence-corrected chi connectivity index (χ0v) is 17.5. The molecule has 0 unspecified atom stereocenters. The summed E-state index contributed by atoms with van der Waals surface area (Å²) in [6.07, 6.45) is 0.